The van der Waals surface area contributed by atoms with E-state index in [1.54, 1.807) is 11.3 Å². The van der Waals surface area contributed by atoms with Crippen LogP contribution in [0.2, 0.25) is 0 Å². The predicted octanol–water partition coefficient (Wildman–Crippen LogP) is 1.18. The van der Waals surface area contributed by atoms with Gasteiger partial charge in [-0.1, -0.05) is 13.8 Å². The summed E-state index contributed by atoms with van der Waals surface area (Å²) in [5.74, 6) is 0.0645. The molecule has 16 heavy (non-hydrogen) atoms. The largest absolute Gasteiger partial charge is 0.350 e. The van der Waals surface area contributed by atoms with Gasteiger partial charge in [0.15, 0.2) is 0 Å². The van der Waals surface area contributed by atoms with Crippen LogP contribution in [0.1, 0.15) is 24.5 Å². The summed E-state index contributed by atoms with van der Waals surface area (Å²) >= 11 is 1.65. The SMILES string of the molecule is CCc1nc(CNC(=O)C(C)CNC)cs1. The van der Waals surface area contributed by atoms with Gasteiger partial charge < -0.3 is 10.6 Å². The first-order valence-electron chi connectivity index (χ1n) is 5.53. The highest BCUT2D eigenvalue weighted by Crippen LogP contribution is 2.09. The van der Waals surface area contributed by atoms with Crippen molar-refractivity contribution in [3.8, 4) is 0 Å². The zero-order chi connectivity index (χ0) is 12.0. The van der Waals surface area contributed by atoms with E-state index in [0.717, 1.165) is 17.1 Å². The Labute approximate surface area is 100 Å². The number of nitrogens with zero attached hydrogens (tertiary/aromatic N) is 1. The minimum Gasteiger partial charge on any atom is -0.350 e. The number of carbonyl (C=O) groups excluding carboxylic acids is 1. The Bertz CT molecular complexity index is 338. The molecule has 1 unspecified atom stereocenters. The maximum absolute atomic E-state index is 11.6. The first kappa shape index (κ1) is 13.1. The van der Waals surface area contributed by atoms with Crippen LogP contribution in [0.3, 0.4) is 0 Å². The van der Waals surface area contributed by atoms with E-state index in [1.165, 1.54) is 0 Å². The lowest BCUT2D eigenvalue weighted by atomic mass is 10.1. The fourth-order valence-electron chi connectivity index (χ4n) is 1.34. The number of carbonyl (C=O) groups is 1. The van der Waals surface area contributed by atoms with Crippen LogP contribution in [0.25, 0.3) is 0 Å². The lowest BCUT2D eigenvalue weighted by Gasteiger charge is -2.10. The molecule has 5 heteroatoms. The highest BCUT2D eigenvalue weighted by atomic mass is 32.1. The summed E-state index contributed by atoms with van der Waals surface area (Å²) in [5.41, 5.74) is 0.951. The van der Waals surface area contributed by atoms with Gasteiger partial charge >= 0.3 is 0 Å². The molecule has 1 heterocycles. The second-order valence-corrected chi connectivity index (χ2v) is 4.71. The van der Waals surface area contributed by atoms with E-state index in [2.05, 4.69) is 22.5 Å². The molecule has 4 nitrogen and oxygen atoms in total. The third-order valence-electron chi connectivity index (χ3n) is 2.30. The second kappa shape index (κ2) is 6.60. The number of thiazole rings is 1. The van der Waals surface area contributed by atoms with Crippen LogP contribution in [-0.2, 0) is 17.8 Å². The van der Waals surface area contributed by atoms with Gasteiger partial charge in [-0.15, -0.1) is 11.3 Å². The predicted molar refractivity (Wildman–Crippen MR) is 66.4 cm³/mol. The molecule has 0 fully saturated rings. The Hall–Kier alpha value is -0.940. The third kappa shape index (κ3) is 3.90. The van der Waals surface area contributed by atoms with Gasteiger partial charge in [-0.05, 0) is 13.5 Å². The summed E-state index contributed by atoms with van der Waals surface area (Å²) in [6.07, 6.45) is 0.953. The van der Waals surface area contributed by atoms with Crippen molar-refractivity contribution in [2.45, 2.75) is 26.8 Å². The smallest absolute Gasteiger partial charge is 0.224 e. The standard InChI is InChI=1S/C11H19N3OS/c1-4-10-14-9(7-16-10)6-13-11(15)8(2)5-12-3/h7-8,12H,4-6H2,1-3H3,(H,13,15). The van der Waals surface area contributed by atoms with Crippen LogP contribution in [-0.4, -0.2) is 24.5 Å². The molecule has 0 aliphatic carbocycles. The molecule has 0 saturated heterocycles. The molecule has 90 valence electrons. The second-order valence-electron chi connectivity index (χ2n) is 3.76. The van der Waals surface area contributed by atoms with E-state index in [-0.39, 0.29) is 11.8 Å². The molecular weight excluding hydrogens is 222 g/mol. The van der Waals surface area contributed by atoms with Gasteiger partial charge in [0.05, 0.1) is 17.2 Å². The van der Waals surface area contributed by atoms with E-state index in [0.29, 0.717) is 13.1 Å². The summed E-state index contributed by atoms with van der Waals surface area (Å²) in [6.45, 7) is 5.22. The quantitative estimate of drug-likeness (QED) is 0.786. The van der Waals surface area contributed by atoms with Gasteiger partial charge in [0, 0.05) is 17.8 Å². The number of aromatic nitrogens is 1. The van der Waals surface area contributed by atoms with Gasteiger partial charge in [0.25, 0.3) is 0 Å². The van der Waals surface area contributed by atoms with E-state index < -0.39 is 0 Å². The molecule has 1 aromatic heterocycles. The van der Waals surface area contributed by atoms with E-state index in [1.807, 2.05) is 19.4 Å². The lowest BCUT2D eigenvalue weighted by molar-refractivity contribution is -0.124. The Morgan fingerprint density at radius 2 is 2.38 bits per heavy atom. The molecule has 0 saturated carbocycles. The van der Waals surface area contributed by atoms with Crippen LogP contribution in [0.15, 0.2) is 5.38 Å². The molecule has 0 bridgehead atoms. The summed E-state index contributed by atoms with van der Waals surface area (Å²) in [4.78, 5) is 16.0. The van der Waals surface area contributed by atoms with Crippen LogP contribution >= 0.6 is 11.3 Å². The van der Waals surface area contributed by atoms with Gasteiger partial charge in [-0.25, -0.2) is 4.98 Å². The first-order chi connectivity index (χ1) is 7.67. The average Bonchev–Trinajstić information content (AvgIpc) is 2.74. The average molecular weight is 241 g/mol. The number of amides is 1. The number of hydrogen-bond donors (Lipinski definition) is 2. The number of hydrogen-bond acceptors (Lipinski definition) is 4. The molecule has 0 aliphatic rings. The zero-order valence-corrected chi connectivity index (χ0v) is 10.9. The molecule has 0 spiro atoms. The van der Waals surface area contributed by atoms with E-state index >= 15 is 0 Å². The van der Waals surface area contributed by atoms with Crippen molar-refractivity contribution in [1.29, 1.82) is 0 Å². The fourth-order valence-corrected chi connectivity index (χ4v) is 2.09. The van der Waals surface area contributed by atoms with Crippen molar-refractivity contribution >= 4 is 17.2 Å². The Morgan fingerprint density at radius 3 is 2.94 bits per heavy atom. The summed E-state index contributed by atoms with van der Waals surface area (Å²) in [7, 11) is 1.84. The Kier molecular flexibility index (Phi) is 5.42. The summed E-state index contributed by atoms with van der Waals surface area (Å²) in [5, 5.41) is 8.99. The van der Waals surface area contributed by atoms with Crippen molar-refractivity contribution in [2.24, 2.45) is 5.92 Å². The Balaban J connectivity index is 2.36. The van der Waals surface area contributed by atoms with E-state index in [4.69, 9.17) is 0 Å². The maximum Gasteiger partial charge on any atom is 0.224 e. The number of nitrogens with one attached hydrogen (secondary N) is 2. The monoisotopic (exact) mass is 241 g/mol. The molecular formula is C11H19N3OS. The van der Waals surface area contributed by atoms with Gasteiger partial charge in [0.1, 0.15) is 0 Å². The van der Waals surface area contributed by atoms with Gasteiger partial charge in [-0.2, -0.15) is 0 Å². The Morgan fingerprint density at radius 1 is 1.62 bits per heavy atom. The minimum absolute atomic E-state index is 0.00530. The third-order valence-corrected chi connectivity index (χ3v) is 3.35. The number of rotatable bonds is 6. The molecule has 1 amide bonds. The van der Waals surface area contributed by atoms with Crippen molar-refractivity contribution in [3.63, 3.8) is 0 Å². The van der Waals surface area contributed by atoms with Crippen molar-refractivity contribution in [3.05, 3.63) is 16.1 Å². The van der Waals surface area contributed by atoms with Crippen LogP contribution < -0.4 is 10.6 Å². The fraction of sp³-hybridized carbons (Fsp3) is 0.636. The molecule has 0 aromatic carbocycles. The first-order valence-corrected chi connectivity index (χ1v) is 6.41. The summed E-state index contributed by atoms with van der Waals surface area (Å²) < 4.78 is 0. The lowest BCUT2D eigenvalue weighted by Crippen LogP contribution is -2.33. The van der Waals surface area contributed by atoms with Crippen LogP contribution in [0.4, 0.5) is 0 Å². The minimum atomic E-state index is -0.00530. The molecule has 1 atom stereocenters. The van der Waals surface area contributed by atoms with Gasteiger partial charge in [-0.3, -0.25) is 4.79 Å². The molecule has 0 radical (unpaired) electrons. The van der Waals surface area contributed by atoms with Crippen molar-refractivity contribution in [2.75, 3.05) is 13.6 Å². The number of aryl methyl sites for hydroxylation is 1. The summed E-state index contributed by atoms with van der Waals surface area (Å²) in [6, 6.07) is 0. The highest BCUT2D eigenvalue weighted by Gasteiger charge is 2.11. The topological polar surface area (TPSA) is 54.0 Å². The normalized spacial score (nSPS) is 12.4. The highest BCUT2D eigenvalue weighted by molar-refractivity contribution is 7.09. The van der Waals surface area contributed by atoms with Crippen LogP contribution in [0.5, 0.6) is 0 Å². The molecule has 1 rings (SSSR count). The molecule has 0 aliphatic heterocycles. The molecule has 1 aromatic rings. The zero-order valence-electron chi connectivity index (χ0n) is 10.0. The van der Waals surface area contributed by atoms with Crippen molar-refractivity contribution in [1.82, 2.24) is 15.6 Å². The van der Waals surface area contributed by atoms with Crippen molar-refractivity contribution < 1.29 is 4.79 Å². The van der Waals surface area contributed by atoms with Gasteiger partial charge in [0.2, 0.25) is 5.91 Å². The molecule has 2 N–H and O–H groups in total. The maximum atomic E-state index is 11.6. The van der Waals surface area contributed by atoms with Crippen LogP contribution in [0, 0.1) is 5.92 Å². The van der Waals surface area contributed by atoms with E-state index in [9.17, 15) is 4.79 Å².